The van der Waals surface area contributed by atoms with Crippen molar-refractivity contribution in [2.75, 3.05) is 29.9 Å². The third-order valence-electron chi connectivity index (χ3n) is 6.06. The second-order valence-electron chi connectivity index (χ2n) is 8.03. The Bertz CT molecular complexity index is 1190. The van der Waals surface area contributed by atoms with Crippen LogP contribution in [0.2, 0.25) is 0 Å². The number of aromatic nitrogens is 2. The number of hydrogen-bond donors (Lipinski definition) is 3. The average Bonchev–Trinajstić information content (AvgIpc) is 2.82. The van der Waals surface area contributed by atoms with Crippen LogP contribution in [0.1, 0.15) is 29.9 Å². The first-order valence-electron chi connectivity index (χ1n) is 10.7. The molecule has 2 unspecified atom stereocenters. The topological polar surface area (TPSA) is 154 Å². The molecule has 2 atom stereocenters. The van der Waals surface area contributed by atoms with E-state index in [9.17, 15) is 19.6 Å². The molecule has 0 spiro atoms. The number of rotatable bonds is 6. The van der Waals surface area contributed by atoms with Crippen molar-refractivity contribution in [3.05, 3.63) is 58.4 Å². The van der Waals surface area contributed by atoms with Gasteiger partial charge in [-0.05, 0) is 18.9 Å². The van der Waals surface area contributed by atoms with Crippen molar-refractivity contribution in [3.8, 4) is 11.8 Å². The summed E-state index contributed by atoms with van der Waals surface area (Å²) in [4.78, 5) is 46.7. The quantitative estimate of drug-likeness (QED) is 0.562. The van der Waals surface area contributed by atoms with Gasteiger partial charge in [-0.3, -0.25) is 19.4 Å². The number of para-hydroxylation sites is 1. The minimum absolute atomic E-state index is 0.116. The molecule has 1 aromatic heterocycles. The molecule has 170 valence electrons. The number of nitriles is 1. The molecule has 10 nitrogen and oxygen atoms in total. The summed E-state index contributed by atoms with van der Waals surface area (Å²) in [5.41, 5.74) is 5.70. The van der Waals surface area contributed by atoms with Crippen molar-refractivity contribution in [1.82, 2.24) is 9.97 Å². The van der Waals surface area contributed by atoms with E-state index in [1.807, 2.05) is 11.0 Å². The zero-order valence-corrected chi connectivity index (χ0v) is 17.9. The van der Waals surface area contributed by atoms with E-state index in [-0.39, 0.29) is 29.8 Å². The van der Waals surface area contributed by atoms with E-state index >= 15 is 0 Å². The number of hydrogen-bond acceptors (Lipinski definition) is 7. The number of fused-ring (bicyclic) bond motifs is 1. The van der Waals surface area contributed by atoms with Crippen LogP contribution in [0, 0.1) is 23.2 Å². The Morgan fingerprint density at radius 3 is 2.73 bits per heavy atom. The third kappa shape index (κ3) is 4.17. The molecule has 4 rings (SSSR count). The zero-order valence-electron chi connectivity index (χ0n) is 17.9. The molecule has 10 heteroatoms. The van der Waals surface area contributed by atoms with Crippen LogP contribution in [0.25, 0.3) is 0 Å². The zero-order chi connectivity index (χ0) is 23.5. The van der Waals surface area contributed by atoms with Crippen molar-refractivity contribution in [2.45, 2.75) is 18.8 Å². The molecule has 33 heavy (non-hydrogen) atoms. The molecule has 0 radical (unpaired) electrons. The van der Waals surface area contributed by atoms with Gasteiger partial charge < -0.3 is 20.7 Å². The van der Waals surface area contributed by atoms with Crippen LogP contribution in [-0.2, 0) is 9.59 Å². The van der Waals surface area contributed by atoms with E-state index in [1.54, 1.807) is 30.3 Å². The van der Waals surface area contributed by atoms with E-state index in [0.717, 1.165) is 0 Å². The largest absolute Gasteiger partial charge is 0.489 e. The highest BCUT2D eigenvalue weighted by Gasteiger charge is 2.41. The second kappa shape index (κ2) is 9.16. The number of primary amides is 1. The highest BCUT2D eigenvalue weighted by Crippen LogP contribution is 2.41. The molecule has 0 saturated carbocycles. The van der Waals surface area contributed by atoms with E-state index in [2.05, 4.69) is 21.9 Å². The minimum Gasteiger partial charge on any atom is -0.489 e. The van der Waals surface area contributed by atoms with Gasteiger partial charge in [0.15, 0.2) is 0 Å². The van der Waals surface area contributed by atoms with Crippen LogP contribution >= 0.6 is 0 Å². The Labute approximate surface area is 190 Å². The fourth-order valence-corrected chi connectivity index (χ4v) is 4.38. The molecule has 2 amide bonds. The van der Waals surface area contributed by atoms with Crippen molar-refractivity contribution < 1.29 is 14.3 Å². The van der Waals surface area contributed by atoms with Gasteiger partial charge in [-0.25, -0.2) is 0 Å². The number of aromatic amines is 1. The van der Waals surface area contributed by atoms with Crippen LogP contribution in [-0.4, -0.2) is 41.5 Å². The van der Waals surface area contributed by atoms with E-state index in [1.165, 1.54) is 0 Å². The van der Waals surface area contributed by atoms with Gasteiger partial charge in [0.2, 0.25) is 17.8 Å². The number of carbonyl (C=O) groups is 2. The van der Waals surface area contributed by atoms with Gasteiger partial charge in [0.25, 0.3) is 5.56 Å². The molecule has 3 heterocycles. The minimum atomic E-state index is -1.13. The van der Waals surface area contributed by atoms with Crippen LogP contribution in [0.5, 0.6) is 5.75 Å². The monoisotopic (exact) mass is 448 g/mol. The Balaban J connectivity index is 1.76. The highest BCUT2D eigenvalue weighted by molar-refractivity contribution is 5.98. The summed E-state index contributed by atoms with van der Waals surface area (Å²) in [7, 11) is 0. The number of piperidine rings is 1. The van der Waals surface area contributed by atoms with Gasteiger partial charge in [0.05, 0.1) is 11.6 Å². The number of nitrogens with zero attached hydrogens (tertiary/aromatic N) is 3. The maximum atomic E-state index is 13.3. The number of amides is 2. The Morgan fingerprint density at radius 1 is 1.33 bits per heavy atom. The first kappa shape index (κ1) is 22.1. The second-order valence-corrected chi connectivity index (χ2v) is 8.03. The lowest BCUT2D eigenvalue weighted by Gasteiger charge is -2.33. The molecule has 2 aliphatic rings. The molecule has 2 aliphatic heterocycles. The summed E-state index contributed by atoms with van der Waals surface area (Å²) in [6.45, 7) is 4.86. The van der Waals surface area contributed by atoms with Gasteiger partial charge in [-0.15, -0.1) is 0 Å². The summed E-state index contributed by atoms with van der Waals surface area (Å²) in [6, 6.07) is 9.01. The first-order chi connectivity index (χ1) is 15.9. The molecular weight excluding hydrogens is 424 g/mol. The first-order valence-corrected chi connectivity index (χ1v) is 10.7. The van der Waals surface area contributed by atoms with Crippen LogP contribution < -0.4 is 26.2 Å². The molecule has 0 aliphatic carbocycles. The third-order valence-corrected chi connectivity index (χ3v) is 6.06. The molecular formula is C23H24N6O4. The lowest BCUT2D eigenvalue weighted by molar-refractivity contribution is -0.122. The number of carbonyl (C=O) groups excluding carboxylic acids is 2. The number of ether oxygens (including phenoxy) is 1. The lowest BCUT2D eigenvalue weighted by atomic mass is 9.79. The van der Waals surface area contributed by atoms with Crippen molar-refractivity contribution in [2.24, 2.45) is 17.6 Å². The molecule has 1 fully saturated rings. The summed E-state index contributed by atoms with van der Waals surface area (Å²) >= 11 is 0. The molecule has 2 aromatic rings. The standard InChI is InChI=1S/C23H24N6O4/c1-2-11-33-16-6-4-3-5-14(16)17-15(12-24)21(31)26-20-18(17)22(32)28-23(27-20)29-9-7-13(8-10-29)19(25)30/h2-6,13,15,17H,1,7-11H2,(H2,25,30)(H2,26,27,28,31,32). The Morgan fingerprint density at radius 2 is 2.06 bits per heavy atom. The summed E-state index contributed by atoms with van der Waals surface area (Å²) in [6.07, 6.45) is 2.69. The van der Waals surface area contributed by atoms with Gasteiger partial charge in [0.1, 0.15) is 24.1 Å². The summed E-state index contributed by atoms with van der Waals surface area (Å²) in [5.74, 6) is -2.20. The number of nitrogens with two attached hydrogens (primary N) is 1. The smallest absolute Gasteiger partial charge is 0.258 e. The molecule has 0 bridgehead atoms. The fourth-order valence-electron chi connectivity index (χ4n) is 4.38. The molecule has 1 aromatic carbocycles. The number of nitrogens with one attached hydrogen (secondary N) is 2. The summed E-state index contributed by atoms with van der Waals surface area (Å²) < 4.78 is 5.73. The molecule has 1 saturated heterocycles. The predicted octanol–water partition coefficient (Wildman–Crippen LogP) is 1.26. The number of H-pyrrole nitrogens is 1. The van der Waals surface area contributed by atoms with Gasteiger partial charge in [-0.1, -0.05) is 30.9 Å². The maximum absolute atomic E-state index is 13.3. The van der Waals surface area contributed by atoms with Gasteiger partial charge in [0, 0.05) is 30.5 Å². The van der Waals surface area contributed by atoms with Gasteiger partial charge >= 0.3 is 0 Å². The van der Waals surface area contributed by atoms with Crippen LogP contribution in [0.3, 0.4) is 0 Å². The van der Waals surface area contributed by atoms with E-state index < -0.39 is 23.3 Å². The van der Waals surface area contributed by atoms with Crippen molar-refractivity contribution in [1.29, 1.82) is 5.26 Å². The van der Waals surface area contributed by atoms with E-state index in [4.69, 9.17) is 10.5 Å². The Kier molecular flexibility index (Phi) is 6.13. The van der Waals surface area contributed by atoms with Crippen LogP contribution in [0.15, 0.2) is 41.7 Å². The number of anilines is 2. The predicted molar refractivity (Wildman–Crippen MR) is 121 cm³/mol. The number of benzene rings is 1. The summed E-state index contributed by atoms with van der Waals surface area (Å²) in [5, 5.41) is 12.4. The van der Waals surface area contributed by atoms with Crippen molar-refractivity contribution >= 4 is 23.6 Å². The van der Waals surface area contributed by atoms with Crippen LogP contribution in [0.4, 0.5) is 11.8 Å². The fraction of sp³-hybridized carbons (Fsp3) is 0.348. The Hall–Kier alpha value is -4.13. The SMILES string of the molecule is C=CCOc1ccccc1C1c2c(nc(N3CCC(C(N)=O)CC3)[nH]c2=O)NC(=O)C1C#N. The maximum Gasteiger partial charge on any atom is 0.258 e. The van der Waals surface area contributed by atoms with Gasteiger partial charge in [-0.2, -0.15) is 10.2 Å². The average molecular weight is 448 g/mol. The normalized spacial score (nSPS) is 20.3. The molecule has 4 N–H and O–H groups in total. The van der Waals surface area contributed by atoms with E-state index in [0.29, 0.717) is 43.2 Å². The highest BCUT2D eigenvalue weighted by atomic mass is 16.5. The van der Waals surface area contributed by atoms with Crippen molar-refractivity contribution in [3.63, 3.8) is 0 Å². The lowest BCUT2D eigenvalue weighted by Crippen LogP contribution is -2.42.